The lowest BCUT2D eigenvalue weighted by molar-refractivity contribution is -0.153. The van der Waals surface area contributed by atoms with Gasteiger partial charge >= 0.3 is 5.97 Å². The Kier molecular flexibility index (Phi) is 8.11. The largest absolute Gasteiger partial charge is 0.474 e. The summed E-state index contributed by atoms with van der Waals surface area (Å²) in [7, 11) is 4.97. The van der Waals surface area contributed by atoms with E-state index in [0.717, 1.165) is 0 Å². The van der Waals surface area contributed by atoms with Crippen molar-refractivity contribution in [2.75, 3.05) is 59.0 Å². The van der Waals surface area contributed by atoms with E-state index in [1.165, 1.54) is 22.8 Å². The molecule has 2 aromatic rings. The second-order valence-corrected chi connectivity index (χ2v) is 7.97. The van der Waals surface area contributed by atoms with Gasteiger partial charge in [-0.05, 0) is 38.4 Å². The van der Waals surface area contributed by atoms with Crippen LogP contribution in [0.25, 0.3) is 5.69 Å². The van der Waals surface area contributed by atoms with E-state index in [1.807, 2.05) is 0 Å². The third-order valence-electron chi connectivity index (χ3n) is 4.82. The molecule has 1 aromatic carbocycles. The summed E-state index contributed by atoms with van der Waals surface area (Å²) in [5, 5.41) is 11.1. The number of anilines is 1. The molecule has 0 saturated carbocycles. The second kappa shape index (κ2) is 11.0. The van der Waals surface area contributed by atoms with E-state index >= 15 is 0 Å². The fourth-order valence-corrected chi connectivity index (χ4v) is 3.21. The Bertz CT molecular complexity index is 1020. The minimum Gasteiger partial charge on any atom is -0.474 e. The average Bonchev–Trinajstić information content (AvgIpc) is 3.25. The van der Waals surface area contributed by atoms with E-state index < -0.39 is 11.8 Å². The van der Waals surface area contributed by atoms with Gasteiger partial charge in [0.05, 0.1) is 44.3 Å². The predicted octanol–water partition coefficient (Wildman–Crippen LogP) is 0.138. The van der Waals surface area contributed by atoms with Gasteiger partial charge < -0.3 is 24.6 Å². The fourth-order valence-electron chi connectivity index (χ4n) is 3.14. The van der Waals surface area contributed by atoms with Crippen molar-refractivity contribution in [1.29, 1.82) is 0 Å². The van der Waals surface area contributed by atoms with Gasteiger partial charge in [0.25, 0.3) is 5.17 Å². The van der Waals surface area contributed by atoms with Crippen molar-refractivity contribution in [3.05, 3.63) is 35.9 Å². The van der Waals surface area contributed by atoms with E-state index in [0.29, 0.717) is 36.7 Å². The molecule has 1 amide bonds. The number of methoxy groups -OCH3 is 1. The van der Waals surface area contributed by atoms with Gasteiger partial charge in [-0.2, -0.15) is 0 Å². The predicted molar refractivity (Wildman–Crippen MR) is 121 cm³/mol. The number of rotatable bonds is 8. The van der Waals surface area contributed by atoms with Gasteiger partial charge in [0, 0.05) is 19.2 Å². The lowest BCUT2D eigenvalue weighted by Crippen LogP contribution is -2.51. The second-order valence-electron chi connectivity index (χ2n) is 7.60. The molecule has 0 unspecified atom stereocenters. The summed E-state index contributed by atoms with van der Waals surface area (Å²) in [6.45, 7) is 1.06. The molecule has 2 heterocycles. The van der Waals surface area contributed by atoms with E-state index in [2.05, 4.69) is 15.6 Å². The molecule has 1 aliphatic rings. The number of ether oxygens (including phenoxy) is 2. The summed E-state index contributed by atoms with van der Waals surface area (Å²) >= 11 is 4.91. The number of amides is 1. The molecule has 0 radical (unpaired) electrons. The number of nitrogens with zero attached hydrogens (tertiary/aromatic N) is 6. The number of aromatic nitrogens is 3. The molecule has 13 heteroatoms. The minimum absolute atomic E-state index is 0.0138. The summed E-state index contributed by atoms with van der Waals surface area (Å²) in [6.07, 6.45) is 1.65. The van der Waals surface area contributed by atoms with E-state index in [1.54, 1.807) is 42.2 Å². The van der Waals surface area contributed by atoms with Crippen molar-refractivity contribution in [3.8, 4) is 5.69 Å². The van der Waals surface area contributed by atoms with Gasteiger partial charge in [-0.1, -0.05) is 5.21 Å². The van der Waals surface area contributed by atoms with Crippen molar-refractivity contribution in [2.45, 2.75) is 6.54 Å². The summed E-state index contributed by atoms with van der Waals surface area (Å²) in [6, 6.07) is 4.63. The van der Waals surface area contributed by atoms with E-state index in [9.17, 15) is 14.0 Å². The molecule has 0 bridgehead atoms. The molecule has 0 aliphatic carbocycles. The van der Waals surface area contributed by atoms with Crippen LogP contribution < -0.4 is 10.2 Å². The first kappa shape index (κ1) is 24.3. The first-order valence-corrected chi connectivity index (χ1v) is 10.5. The Labute approximate surface area is 196 Å². The zero-order valence-electron chi connectivity index (χ0n) is 18.7. The number of esters is 1. The van der Waals surface area contributed by atoms with Crippen LogP contribution in [0.4, 0.5) is 10.1 Å². The highest BCUT2D eigenvalue weighted by molar-refractivity contribution is 7.80. The smallest absolute Gasteiger partial charge is 0.321 e. The molecule has 1 saturated heterocycles. The lowest BCUT2D eigenvalue weighted by Gasteiger charge is -2.35. The fraction of sp³-hybridized carbons (Fsp3) is 0.450. The SMILES string of the molecule is COC(=S)NCc1cn(-c2ccc(N3CCN(COC(=O)CN(C)C)C(=O)C3)c(F)c2)nn1. The number of likely N-dealkylation sites (N-methyl/N-ethyl adjacent to an activating group) is 1. The third-order valence-corrected chi connectivity index (χ3v) is 5.13. The number of carbonyl (C=O) groups is 2. The molecule has 1 fully saturated rings. The molecule has 178 valence electrons. The van der Waals surface area contributed by atoms with E-state index in [4.69, 9.17) is 21.7 Å². The maximum atomic E-state index is 14.9. The van der Waals surface area contributed by atoms with Crippen LogP contribution in [-0.2, 0) is 25.6 Å². The molecule has 1 aromatic heterocycles. The Hall–Kier alpha value is -3.32. The van der Waals surface area contributed by atoms with Crippen molar-refractivity contribution in [3.63, 3.8) is 0 Å². The topological polar surface area (TPSA) is 105 Å². The number of thiocarbonyl (C=S) groups is 1. The Morgan fingerprint density at radius 1 is 1.33 bits per heavy atom. The quantitative estimate of drug-likeness (QED) is 0.415. The van der Waals surface area contributed by atoms with Crippen molar-refractivity contribution < 1.29 is 23.5 Å². The monoisotopic (exact) mass is 479 g/mol. The van der Waals surface area contributed by atoms with Gasteiger partial charge in [-0.15, -0.1) is 5.10 Å². The van der Waals surface area contributed by atoms with Crippen LogP contribution in [0.1, 0.15) is 5.69 Å². The first-order valence-electron chi connectivity index (χ1n) is 10.1. The van der Waals surface area contributed by atoms with Crippen LogP contribution in [-0.4, -0.2) is 96.0 Å². The number of nitrogens with one attached hydrogen (secondary N) is 1. The molecule has 0 spiro atoms. The highest BCUT2D eigenvalue weighted by Gasteiger charge is 2.26. The molecule has 33 heavy (non-hydrogen) atoms. The van der Waals surface area contributed by atoms with Gasteiger partial charge in [0.15, 0.2) is 6.73 Å². The third kappa shape index (κ3) is 6.58. The zero-order valence-corrected chi connectivity index (χ0v) is 19.5. The molecule has 0 atom stereocenters. The van der Waals surface area contributed by atoms with Gasteiger partial charge in [0.1, 0.15) is 11.5 Å². The van der Waals surface area contributed by atoms with Gasteiger partial charge in [-0.3, -0.25) is 14.5 Å². The molecule has 11 nitrogen and oxygen atoms in total. The summed E-state index contributed by atoms with van der Waals surface area (Å²) in [4.78, 5) is 28.9. The summed E-state index contributed by atoms with van der Waals surface area (Å²) in [5.74, 6) is -1.14. The maximum Gasteiger partial charge on any atom is 0.321 e. The number of hydrogen-bond donors (Lipinski definition) is 1. The van der Waals surface area contributed by atoms with Crippen molar-refractivity contribution in [1.82, 2.24) is 30.1 Å². The Morgan fingerprint density at radius 2 is 2.12 bits per heavy atom. The van der Waals surface area contributed by atoms with Gasteiger partial charge in [-0.25, -0.2) is 9.07 Å². The van der Waals surface area contributed by atoms with Gasteiger partial charge in [0.2, 0.25) is 5.91 Å². The first-order chi connectivity index (χ1) is 15.8. The lowest BCUT2D eigenvalue weighted by atomic mass is 10.2. The number of carbonyl (C=O) groups excluding carboxylic acids is 2. The number of halogens is 1. The highest BCUT2D eigenvalue weighted by atomic mass is 32.1. The molecule has 1 N–H and O–H groups in total. The highest BCUT2D eigenvalue weighted by Crippen LogP contribution is 2.23. The zero-order chi connectivity index (χ0) is 24.0. The number of benzene rings is 1. The van der Waals surface area contributed by atoms with Crippen molar-refractivity contribution in [2.24, 2.45) is 0 Å². The Balaban J connectivity index is 1.58. The maximum absolute atomic E-state index is 14.9. The van der Waals surface area contributed by atoms with Crippen LogP contribution in [0.5, 0.6) is 0 Å². The van der Waals surface area contributed by atoms with E-state index in [-0.39, 0.29) is 30.9 Å². The summed E-state index contributed by atoms with van der Waals surface area (Å²) < 4.78 is 26.3. The van der Waals surface area contributed by atoms with Crippen LogP contribution in [0.15, 0.2) is 24.4 Å². The van der Waals surface area contributed by atoms with Crippen LogP contribution >= 0.6 is 12.2 Å². The minimum atomic E-state index is -0.484. The van der Waals surface area contributed by atoms with Crippen LogP contribution in [0.2, 0.25) is 0 Å². The van der Waals surface area contributed by atoms with Crippen molar-refractivity contribution >= 4 is 35.0 Å². The molecule has 3 rings (SSSR count). The summed E-state index contributed by atoms with van der Waals surface area (Å²) in [5.41, 5.74) is 1.40. The Morgan fingerprint density at radius 3 is 2.79 bits per heavy atom. The van der Waals surface area contributed by atoms with Crippen LogP contribution in [0.3, 0.4) is 0 Å². The van der Waals surface area contributed by atoms with Crippen LogP contribution in [0, 0.1) is 5.82 Å². The number of hydrogen-bond acceptors (Lipinski definition) is 9. The molecular formula is C20H26FN7O4S. The number of piperazine rings is 1. The standard InChI is InChI=1S/C20H26FN7O4S/c1-25(2)12-19(30)32-13-27-7-6-26(11-18(27)29)17-5-4-15(8-16(17)21)28-10-14(23-24-28)9-22-20(33)31-3/h4-5,8,10H,6-7,9,11-13H2,1-3H3,(H,22,33). The normalized spacial score (nSPS) is 13.9. The molecule has 1 aliphatic heterocycles. The average molecular weight is 480 g/mol. The molecular weight excluding hydrogens is 453 g/mol.